The van der Waals surface area contributed by atoms with Gasteiger partial charge in [0.15, 0.2) is 0 Å². The predicted octanol–water partition coefficient (Wildman–Crippen LogP) is -0.991. The van der Waals surface area contributed by atoms with Crippen LogP contribution in [0.3, 0.4) is 0 Å². The number of rotatable bonds is 8. The summed E-state index contributed by atoms with van der Waals surface area (Å²) in [6.07, 6.45) is -2.69. The SMILES string of the molecule is C=CCCC/C(=N/OS(=O)(=O)O)S[C@@H]1O[C@H](CO)[C@@H](O)[C@H](O)[C@H]1O. The molecule has 0 amide bonds. The maximum Gasteiger partial charge on any atom is 0.466 e. The molecule has 5 N–H and O–H groups in total. The van der Waals surface area contributed by atoms with Gasteiger partial charge >= 0.3 is 10.4 Å². The summed E-state index contributed by atoms with van der Waals surface area (Å²) in [5.74, 6) is 0. The van der Waals surface area contributed by atoms with Crippen LogP contribution in [-0.2, 0) is 19.4 Å². The zero-order valence-electron chi connectivity index (χ0n) is 12.6. The van der Waals surface area contributed by atoms with Gasteiger partial charge in [-0.1, -0.05) is 23.0 Å². The summed E-state index contributed by atoms with van der Waals surface area (Å²) in [5.41, 5.74) is -1.13. The molecule has 1 rings (SSSR count). The summed E-state index contributed by atoms with van der Waals surface area (Å²) in [6, 6.07) is 0. The second-order valence-corrected chi connectivity index (χ2v) is 7.16. The van der Waals surface area contributed by atoms with Crippen LogP contribution in [0.2, 0.25) is 0 Å². The number of ether oxygens (including phenoxy) is 1. The van der Waals surface area contributed by atoms with E-state index in [4.69, 9.17) is 14.4 Å². The molecule has 24 heavy (non-hydrogen) atoms. The Balaban J connectivity index is 2.84. The smallest absolute Gasteiger partial charge is 0.394 e. The lowest BCUT2D eigenvalue weighted by molar-refractivity contribution is -0.205. The Kier molecular flexibility index (Phi) is 8.59. The summed E-state index contributed by atoms with van der Waals surface area (Å²) in [5, 5.41) is 41.9. The fourth-order valence-corrected chi connectivity index (χ4v) is 3.25. The Morgan fingerprint density at radius 3 is 2.50 bits per heavy atom. The van der Waals surface area contributed by atoms with E-state index in [1.54, 1.807) is 6.08 Å². The highest BCUT2D eigenvalue weighted by molar-refractivity contribution is 8.14. The fraction of sp³-hybridized carbons (Fsp3) is 0.750. The number of aliphatic hydroxyl groups is 4. The van der Waals surface area contributed by atoms with Crippen LogP contribution in [0.5, 0.6) is 0 Å². The normalized spacial score (nSPS) is 31.7. The molecule has 1 aliphatic rings. The van der Waals surface area contributed by atoms with E-state index in [9.17, 15) is 23.7 Å². The molecule has 0 bridgehead atoms. The number of oxime groups is 1. The number of hydrogen-bond donors (Lipinski definition) is 5. The van der Waals surface area contributed by atoms with E-state index in [2.05, 4.69) is 16.0 Å². The third kappa shape index (κ3) is 6.64. The minimum Gasteiger partial charge on any atom is -0.394 e. The van der Waals surface area contributed by atoms with Gasteiger partial charge in [-0.2, -0.15) is 8.42 Å². The van der Waals surface area contributed by atoms with Crippen LogP contribution in [-0.4, -0.2) is 74.9 Å². The number of hydrogen-bond acceptors (Lipinski definition) is 10. The van der Waals surface area contributed by atoms with Crippen molar-refractivity contribution in [3.05, 3.63) is 12.7 Å². The second-order valence-electron chi connectivity index (χ2n) is 4.98. The van der Waals surface area contributed by atoms with E-state index in [0.29, 0.717) is 12.8 Å². The van der Waals surface area contributed by atoms with Crippen LogP contribution in [0.15, 0.2) is 17.8 Å². The van der Waals surface area contributed by atoms with Crippen molar-refractivity contribution in [2.24, 2.45) is 5.16 Å². The first-order valence-electron chi connectivity index (χ1n) is 7.00. The van der Waals surface area contributed by atoms with E-state index < -0.39 is 46.9 Å². The average molecular weight is 387 g/mol. The predicted molar refractivity (Wildman–Crippen MR) is 85.5 cm³/mol. The van der Waals surface area contributed by atoms with Crippen LogP contribution in [0.4, 0.5) is 0 Å². The number of aliphatic hydroxyl groups excluding tert-OH is 4. The molecule has 0 aromatic heterocycles. The van der Waals surface area contributed by atoms with E-state index in [1.807, 2.05) is 0 Å². The van der Waals surface area contributed by atoms with Gasteiger partial charge in [0, 0.05) is 0 Å². The first-order chi connectivity index (χ1) is 11.2. The van der Waals surface area contributed by atoms with Gasteiger partial charge in [-0.3, -0.25) is 4.55 Å². The highest BCUT2D eigenvalue weighted by atomic mass is 32.3. The molecular weight excluding hydrogens is 366 g/mol. The maximum atomic E-state index is 10.6. The summed E-state index contributed by atoms with van der Waals surface area (Å²) >= 11 is 0.750. The molecule has 0 aliphatic carbocycles. The number of unbranched alkanes of at least 4 members (excludes halogenated alkanes) is 1. The third-order valence-electron chi connectivity index (χ3n) is 3.13. The Morgan fingerprint density at radius 2 is 1.96 bits per heavy atom. The first kappa shape index (κ1) is 21.3. The molecule has 1 aliphatic heterocycles. The molecule has 0 saturated carbocycles. The molecule has 0 aromatic rings. The molecular formula is C12H21NO9S2. The summed E-state index contributed by atoms with van der Waals surface area (Å²) < 4.78 is 39.1. The maximum absolute atomic E-state index is 10.6. The van der Waals surface area contributed by atoms with E-state index in [0.717, 1.165) is 11.8 Å². The monoisotopic (exact) mass is 387 g/mol. The molecule has 0 spiro atoms. The van der Waals surface area contributed by atoms with Crippen molar-refractivity contribution < 1.29 is 42.4 Å². The van der Waals surface area contributed by atoms with Crippen molar-refractivity contribution in [3.8, 4) is 0 Å². The van der Waals surface area contributed by atoms with Crippen LogP contribution in [0.1, 0.15) is 19.3 Å². The summed E-state index contributed by atoms with van der Waals surface area (Å²) in [6.45, 7) is 2.95. The number of nitrogens with zero attached hydrogens (tertiary/aromatic N) is 1. The van der Waals surface area contributed by atoms with Crippen molar-refractivity contribution >= 4 is 27.2 Å². The Hall–Kier alpha value is -0.730. The van der Waals surface area contributed by atoms with Crippen LogP contribution >= 0.6 is 11.8 Å². The third-order valence-corrected chi connectivity index (χ3v) is 4.57. The molecule has 5 atom stereocenters. The quantitative estimate of drug-likeness (QED) is 0.0871. The average Bonchev–Trinajstić information content (AvgIpc) is 2.52. The zero-order valence-corrected chi connectivity index (χ0v) is 14.3. The standard InChI is InChI=1S/C12H21NO9S2/c1-2-3-4-5-8(13-22-24(18,19)20)23-12-11(17)10(16)9(15)7(6-14)21-12/h2,7,9-12,14-17H,1,3-6H2,(H,18,19,20)/b13-8-/t7-,9-,10+,11-,12+/m1/s1. The van der Waals surface area contributed by atoms with Gasteiger partial charge in [0.25, 0.3) is 0 Å². The lowest BCUT2D eigenvalue weighted by atomic mass is 10.0. The van der Waals surface area contributed by atoms with Gasteiger partial charge in [0.1, 0.15) is 34.9 Å². The Labute approximate surface area is 143 Å². The van der Waals surface area contributed by atoms with Crippen LogP contribution in [0, 0.1) is 0 Å². The van der Waals surface area contributed by atoms with Crippen molar-refractivity contribution in [3.63, 3.8) is 0 Å². The number of allylic oxidation sites excluding steroid dienone is 1. The molecule has 0 unspecified atom stereocenters. The molecule has 10 nitrogen and oxygen atoms in total. The van der Waals surface area contributed by atoms with Crippen molar-refractivity contribution in [2.45, 2.75) is 49.1 Å². The van der Waals surface area contributed by atoms with Gasteiger partial charge in [-0.05, 0) is 19.3 Å². The lowest BCUT2D eigenvalue weighted by Crippen LogP contribution is -2.57. The minimum atomic E-state index is -4.79. The molecule has 140 valence electrons. The number of thioether (sulfide) groups is 1. The topological polar surface area (TPSA) is 166 Å². The van der Waals surface area contributed by atoms with Gasteiger partial charge in [0.05, 0.1) is 6.61 Å². The molecule has 0 aromatic carbocycles. The van der Waals surface area contributed by atoms with Crippen molar-refractivity contribution in [2.75, 3.05) is 6.61 Å². The van der Waals surface area contributed by atoms with E-state index >= 15 is 0 Å². The minimum absolute atomic E-state index is 0.0683. The van der Waals surface area contributed by atoms with Gasteiger partial charge in [-0.15, -0.1) is 6.58 Å². The molecule has 12 heteroatoms. The molecule has 0 radical (unpaired) electrons. The first-order valence-corrected chi connectivity index (χ1v) is 9.25. The van der Waals surface area contributed by atoms with Gasteiger partial charge in [0.2, 0.25) is 0 Å². The second kappa shape index (κ2) is 9.68. The zero-order chi connectivity index (χ0) is 18.3. The highest BCUT2D eigenvalue weighted by Crippen LogP contribution is 2.30. The lowest BCUT2D eigenvalue weighted by Gasteiger charge is -2.39. The van der Waals surface area contributed by atoms with Crippen molar-refractivity contribution in [1.29, 1.82) is 0 Å². The summed E-state index contributed by atoms with van der Waals surface area (Å²) in [4.78, 5) is 0. The van der Waals surface area contributed by atoms with Gasteiger partial charge in [-0.25, -0.2) is 4.28 Å². The van der Waals surface area contributed by atoms with E-state index in [-0.39, 0.29) is 11.5 Å². The van der Waals surface area contributed by atoms with E-state index in [1.165, 1.54) is 0 Å². The van der Waals surface area contributed by atoms with Crippen LogP contribution in [0.25, 0.3) is 0 Å². The van der Waals surface area contributed by atoms with Crippen molar-refractivity contribution in [1.82, 2.24) is 0 Å². The summed E-state index contributed by atoms with van der Waals surface area (Å²) in [7, 11) is -4.79. The highest BCUT2D eigenvalue weighted by Gasteiger charge is 2.44. The largest absolute Gasteiger partial charge is 0.466 e. The van der Waals surface area contributed by atoms with Gasteiger partial charge < -0.3 is 25.2 Å². The molecule has 1 heterocycles. The molecule has 1 fully saturated rings. The van der Waals surface area contributed by atoms with Crippen LogP contribution < -0.4 is 0 Å². The Morgan fingerprint density at radius 1 is 1.29 bits per heavy atom. The molecule has 1 saturated heterocycles. The Bertz CT molecular complexity index is 537. The fourth-order valence-electron chi connectivity index (χ4n) is 1.91.